The van der Waals surface area contributed by atoms with Crippen LogP contribution in [0.15, 0.2) is 24.3 Å². The molecule has 0 aromatic heterocycles. The van der Waals surface area contributed by atoms with Crippen LogP contribution in [0.1, 0.15) is 12.8 Å². The van der Waals surface area contributed by atoms with Crippen molar-refractivity contribution < 1.29 is 14.3 Å². The van der Waals surface area contributed by atoms with Crippen molar-refractivity contribution in [1.29, 1.82) is 0 Å². The Morgan fingerprint density at radius 1 is 1.24 bits per heavy atom. The number of ether oxygens (including phenoxy) is 2. The van der Waals surface area contributed by atoms with E-state index in [4.69, 9.17) is 9.47 Å². The van der Waals surface area contributed by atoms with Crippen LogP contribution < -0.4 is 15.0 Å². The number of methoxy groups -OCH3 is 1. The molecule has 2 heterocycles. The zero-order valence-electron chi connectivity index (χ0n) is 12.4. The molecule has 1 aromatic carbocycles. The van der Waals surface area contributed by atoms with E-state index in [0.29, 0.717) is 12.5 Å². The van der Waals surface area contributed by atoms with Gasteiger partial charge in [-0.25, -0.2) is 0 Å². The molecule has 2 saturated heterocycles. The molecule has 2 aliphatic heterocycles. The number of hydrogen-bond donors (Lipinski definition) is 1. The lowest BCUT2D eigenvalue weighted by molar-refractivity contribution is -0.131. The normalized spacial score (nSPS) is 24.1. The smallest absolute Gasteiger partial charge is 0.253 e. The van der Waals surface area contributed by atoms with E-state index >= 15 is 0 Å². The summed E-state index contributed by atoms with van der Waals surface area (Å²) in [6.45, 7) is 2.92. The summed E-state index contributed by atoms with van der Waals surface area (Å²) in [4.78, 5) is 14.0. The minimum absolute atomic E-state index is 0.0327. The van der Waals surface area contributed by atoms with Crippen LogP contribution in [0.25, 0.3) is 0 Å². The molecule has 0 aliphatic carbocycles. The number of anilines is 1. The molecule has 3 rings (SSSR count). The third kappa shape index (κ3) is 3.19. The Hall–Kier alpha value is -1.59. The van der Waals surface area contributed by atoms with Gasteiger partial charge in [-0.3, -0.25) is 4.79 Å². The fourth-order valence-electron chi connectivity index (χ4n) is 3.10. The summed E-state index contributed by atoms with van der Waals surface area (Å²) in [7, 11) is 1.64. The summed E-state index contributed by atoms with van der Waals surface area (Å²) in [5.41, 5.74) is 0.919. The molecule has 1 atom stereocenters. The standard InChI is InChI=1S/C16H22N2O3/c1-20-14-4-2-13(3-5-14)18-10-15(21-11-16(18)19)12-6-8-17-9-7-12/h2-5,12,15,17H,6-11H2,1H3. The van der Waals surface area contributed by atoms with Crippen LogP contribution >= 0.6 is 0 Å². The van der Waals surface area contributed by atoms with E-state index in [9.17, 15) is 4.79 Å². The zero-order valence-corrected chi connectivity index (χ0v) is 12.4. The van der Waals surface area contributed by atoms with Gasteiger partial charge in [0.25, 0.3) is 5.91 Å². The molecule has 0 saturated carbocycles. The molecule has 0 bridgehead atoms. The predicted octanol–water partition coefficient (Wildman–Crippen LogP) is 1.43. The van der Waals surface area contributed by atoms with Gasteiger partial charge < -0.3 is 19.7 Å². The monoisotopic (exact) mass is 290 g/mol. The maximum Gasteiger partial charge on any atom is 0.253 e. The summed E-state index contributed by atoms with van der Waals surface area (Å²) in [5.74, 6) is 1.37. The largest absolute Gasteiger partial charge is 0.497 e. The highest BCUT2D eigenvalue weighted by atomic mass is 16.5. The molecule has 1 N–H and O–H groups in total. The van der Waals surface area contributed by atoms with Gasteiger partial charge in [0.15, 0.2) is 0 Å². The number of carbonyl (C=O) groups excluding carboxylic acids is 1. The number of amides is 1. The highest BCUT2D eigenvalue weighted by Gasteiger charge is 2.33. The number of carbonyl (C=O) groups is 1. The van der Waals surface area contributed by atoms with E-state index in [-0.39, 0.29) is 18.6 Å². The van der Waals surface area contributed by atoms with E-state index in [2.05, 4.69) is 5.32 Å². The van der Waals surface area contributed by atoms with Crippen molar-refractivity contribution in [2.24, 2.45) is 5.92 Å². The second kappa shape index (κ2) is 6.45. The fraction of sp³-hybridized carbons (Fsp3) is 0.562. The maximum absolute atomic E-state index is 12.1. The van der Waals surface area contributed by atoms with Crippen molar-refractivity contribution in [2.75, 3.05) is 38.3 Å². The van der Waals surface area contributed by atoms with Crippen LogP contribution in [0.3, 0.4) is 0 Å². The summed E-state index contributed by atoms with van der Waals surface area (Å²) < 4.78 is 10.9. The minimum Gasteiger partial charge on any atom is -0.497 e. The number of benzene rings is 1. The maximum atomic E-state index is 12.1. The van der Waals surface area contributed by atoms with Gasteiger partial charge in [-0.05, 0) is 56.1 Å². The Balaban J connectivity index is 1.71. The first-order valence-electron chi connectivity index (χ1n) is 7.54. The lowest BCUT2D eigenvalue weighted by atomic mass is 9.91. The summed E-state index contributed by atoms with van der Waals surface area (Å²) in [5, 5.41) is 3.37. The highest BCUT2D eigenvalue weighted by Crippen LogP contribution is 2.27. The molecule has 21 heavy (non-hydrogen) atoms. The molecule has 0 spiro atoms. The Morgan fingerprint density at radius 2 is 1.95 bits per heavy atom. The molecule has 5 nitrogen and oxygen atoms in total. The second-order valence-corrected chi connectivity index (χ2v) is 5.64. The Bertz CT molecular complexity index is 483. The lowest BCUT2D eigenvalue weighted by Crippen LogP contribution is -2.51. The first kappa shape index (κ1) is 14.4. The molecule has 1 unspecified atom stereocenters. The second-order valence-electron chi connectivity index (χ2n) is 5.64. The molecular weight excluding hydrogens is 268 g/mol. The average Bonchev–Trinajstić information content (AvgIpc) is 2.56. The van der Waals surface area contributed by atoms with Crippen LogP contribution in [-0.2, 0) is 9.53 Å². The van der Waals surface area contributed by atoms with Crippen LogP contribution in [0.2, 0.25) is 0 Å². The Labute approximate surface area is 125 Å². The van der Waals surface area contributed by atoms with Crippen molar-refractivity contribution in [3.63, 3.8) is 0 Å². The van der Waals surface area contributed by atoms with Gasteiger partial charge in [0, 0.05) is 5.69 Å². The number of piperidine rings is 1. The molecule has 2 fully saturated rings. The molecular formula is C16H22N2O3. The minimum atomic E-state index is 0.0327. The van der Waals surface area contributed by atoms with Gasteiger partial charge >= 0.3 is 0 Å². The van der Waals surface area contributed by atoms with Crippen LogP contribution in [-0.4, -0.2) is 45.4 Å². The molecule has 1 aromatic rings. The number of nitrogens with zero attached hydrogens (tertiary/aromatic N) is 1. The highest BCUT2D eigenvalue weighted by molar-refractivity contribution is 5.95. The van der Waals surface area contributed by atoms with Gasteiger partial charge in [-0.1, -0.05) is 0 Å². The van der Waals surface area contributed by atoms with Gasteiger partial charge in [0.1, 0.15) is 12.4 Å². The summed E-state index contributed by atoms with van der Waals surface area (Å²) >= 11 is 0. The number of nitrogens with one attached hydrogen (secondary N) is 1. The molecule has 5 heteroatoms. The van der Waals surface area contributed by atoms with Crippen LogP contribution in [0.5, 0.6) is 5.75 Å². The third-order valence-electron chi connectivity index (χ3n) is 4.38. The predicted molar refractivity (Wildman–Crippen MR) is 80.7 cm³/mol. The van der Waals surface area contributed by atoms with E-state index in [1.165, 1.54) is 0 Å². The number of rotatable bonds is 3. The third-order valence-corrected chi connectivity index (χ3v) is 4.38. The average molecular weight is 290 g/mol. The molecule has 0 radical (unpaired) electrons. The van der Waals surface area contributed by atoms with Gasteiger partial charge in [-0.15, -0.1) is 0 Å². The first-order valence-corrected chi connectivity index (χ1v) is 7.54. The lowest BCUT2D eigenvalue weighted by Gasteiger charge is -2.38. The summed E-state index contributed by atoms with van der Waals surface area (Å²) in [6.07, 6.45) is 2.39. The van der Waals surface area contributed by atoms with Crippen molar-refractivity contribution in [3.8, 4) is 5.75 Å². The van der Waals surface area contributed by atoms with Gasteiger partial charge in [0.05, 0.1) is 19.8 Å². The fourth-order valence-corrected chi connectivity index (χ4v) is 3.10. The zero-order chi connectivity index (χ0) is 14.7. The van der Waals surface area contributed by atoms with E-state index in [1.807, 2.05) is 29.2 Å². The van der Waals surface area contributed by atoms with Crippen LogP contribution in [0.4, 0.5) is 5.69 Å². The van der Waals surface area contributed by atoms with Gasteiger partial charge in [-0.2, -0.15) is 0 Å². The Kier molecular flexibility index (Phi) is 4.41. The van der Waals surface area contributed by atoms with Crippen molar-refractivity contribution >= 4 is 11.6 Å². The summed E-state index contributed by atoms with van der Waals surface area (Å²) in [6, 6.07) is 7.64. The SMILES string of the molecule is COc1ccc(N2CC(C3CCNCC3)OCC2=O)cc1. The van der Waals surface area contributed by atoms with Crippen molar-refractivity contribution in [1.82, 2.24) is 5.32 Å². The van der Waals surface area contributed by atoms with E-state index in [1.54, 1.807) is 7.11 Å². The number of morpholine rings is 1. The quantitative estimate of drug-likeness (QED) is 0.915. The van der Waals surface area contributed by atoms with E-state index < -0.39 is 0 Å². The van der Waals surface area contributed by atoms with Crippen molar-refractivity contribution in [3.05, 3.63) is 24.3 Å². The first-order chi connectivity index (χ1) is 10.3. The van der Waals surface area contributed by atoms with Gasteiger partial charge in [0.2, 0.25) is 0 Å². The topological polar surface area (TPSA) is 50.8 Å². The van der Waals surface area contributed by atoms with Crippen LogP contribution in [0, 0.1) is 5.92 Å². The Morgan fingerprint density at radius 3 is 2.62 bits per heavy atom. The van der Waals surface area contributed by atoms with E-state index in [0.717, 1.165) is 37.4 Å². The molecule has 114 valence electrons. The number of hydrogen-bond acceptors (Lipinski definition) is 4. The molecule has 2 aliphatic rings. The van der Waals surface area contributed by atoms with Crippen molar-refractivity contribution in [2.45, 2.75) is 18.9 Å². The molecule has 1 amide bonds.